The van der Waals surface area contributed by atoms with E-state index in [0.29, 0.717) is 18.1 Å². The van der Waals surface area contributed by atoms with Gasteiger partial charge in [0.25, 0.3) is 0 Å². The van der Waals surface area contributed by atoms with Gasteiger partial charge in [0.2, 0.25) is 0 Å². The molecule has 0 bridgehead atoms. The first-order valence-corrected chi connectivity index (χ1v) is 8.49. The molecule has 1 saturated carbocycles. The normalized spacial score (nSPS) is 25.2. The summed E-state index contributed by atoms with van der Waals surface area (Å²) in [4.78, 5) is 2.52. The van der Waals surface area contributed by atoms with Gasteiger partial charge in [0.05, 0.1) is 6.10 Å². The van der Waals surface area contributed by atoms with E-state index in [4.69, 9.17) is 4.74 Å². The predicted molar refractivity (Wildman–Crippen MR) is 87.2 cm³/mol. The van der Waals surface area contributed by atoms with Crippen LogP contribution in [0.25, 0.3) is 0 Å². The van der Waals surface area contributed by atoms with Gasteiger partial charge in [-0.25, -0.2) is 0 Å². The number of hydrogen-bond donors (Lipinski definition) is 1. The van der Waals surface area contributed by atoms with Gasteiger partial charge in [0.15, 0.2) is 0 Å². The minimum atomic E-state index is 0.274. The smallest absolute Gasteiger partial charge is 0.0656 e. The van der Waals surface area contributed by atoms with E-state index in [1.54, 1.807) is 0 Å². The Bertz CT molecular complexity index is 266. The molecule has 0 spiro atoms. The monoisotopic (exact) mass is 284 g/mol. The fourth-order valence-corrected chi connectivity index (χ4v) is 2.96. The van der Waals surface area contributed by atoms with Gasteiger partial charge in [0, 0.05) is 31.2 Å². The minimum absolute atomic E-state index is 0.274. The quantitative estimate of drug-likeness (QED) is 0.667. The zero-order chi connectivity index (χ0) is 15.2. The van der Waals surface area contributed by atoms with Gasteiger partial charge in [0.1, 0.15) is 0 Å². The van der Waals surface area contributed by atoms with Gasteiger partial charge in [-0.3, -0.25) is 0 Å². The first-order chi connectivity index (χ1) is 9.41. The van der Waals surface area contributed by atoms with Crippen molar-refractivity contribution in [3.8, 4) is 0 Å². The molecule has 2 atom stereocenters. The third-order valence-corrected chi connectivity index (χ3v) is 4.61. The first kappa shape index (κ1) is 17.9. The van der Waals surface area contributed by atoms with Crippen molar-refractivity contribution in [2.45, 2.75) is 66.5 Å². The van der Waals surface area contributed by atoms with Crippen LogP contribution in [0.2, 0.25) is 0 Å². The molecule has 0 heterocycles. The third kappa shape index (κ3) is 5.01. The molecule has 3 nitrogen and oxygen atoms in total. The Labute approximate surface area is 126 Å². The molecule has 0 amide bonds. The predicted octanol–water partition coefficient (Wildman–Crippen LogP) is 3.15. The highest BCUT2D eigenvalue weighted by molar-refractivity contribution is 5.02. The lowest BCUT2D eigenvalue weighted by Crippen LogP contribution is -2.61. The summed E-state index contributed by atoms with van der Waals surface area (Å²) >= 11 is 0. The SMILES string of the molecule is CCCN(CC)CCNC1CC(OCC(C)C)C1(C)C. The van der Waals surface area contributed by atoms with Gasteiger partial charge in [-0.2, -0.15) is 0 Å². The maximum Gasteiger partial charge on any atom is 0.0656 e. The van der Waals surface area contributed by atoms with E-state index >= 15 is 0 Å². The highest BCUT2D eigenvalue weighted by atomic mass is 16.5. The zero-order valence-electron chi connectivity index (χ0n) is 14.5. The molecule has 2 unspecified atom stereocenters. The van der Waals surface area contributed by atoms with Crippen molar-refractivity contribution in [1.29, 1.82) is 0 Å². The van der Waals surface area contributed by atoms with Gasteiger partial charge in [-0.1, -0.05) is 41.5 Å². The second kappa shape index (κ2) is 8.35. The Kier molecular flexibility index (Phi) is 7.49. The first-order valence-electron chi connectivity index (χ1n) is 8.49. The van der Waals surface area contributed by atoms with Crippen LogP contribution in [0.4, 0.5) is 0 Å². The molecule has 3 heteroatoms. The van der Waals surface area contributed by atoms with Crippen molar-refractivity contribution in [1.82, 2.24) is 10.2 Å². The van der Waals surface area contributed by atoms with Crippen molar-refractivity contribution in [2.24, 2.45) is 11.3 Å². The van der Waals surface area contributed by atoms with Gasteiger partial charge in [-0.05, 0) is 31.8 Å². The Morgan fingerprint density at radius 3 is 2.45 bits per heavy atom. The van der Waals surface area contributed by atoms with E-state index in [2.05, 4.69) is 51.8 Å². The van der Waals surface area contributed by atoms with E-state index in [0.717, 1.165) is 26.2 Å². The average molecular weight is 284 g/mol. The maximum atomic E-state index is 6.02. The summed E-state index contributed by atoms with van der Waals surface area (Å²) in [5.41, 5.74) is 0.274. The van der Waals surface area contributed by atoms with Crippen LogP contribution < -0.4 is 5.32 Å². The maximum absolute atomic E-state index is 6.02. The molecule has 1 aliphatic rings. The summed E-state index contributed by atoms with van der Waals surface area (Å²) < 4.78 is 6.02. The summed E-state index contributed by atoms with van der Waals surface area (Å²) in [6.45, 7) is 19.1. The lowest BCUT2D eigenvalue weighted by Gasteiger charge is -2.52. The molecule has 0 radical (unpaired) electrons. The molecule has 1 fully saturated rings. The van der Waals surface area contributed by atoms with Crippen LogP contribution >= 0.6 is 0 Å². The zero-order valence-corrected chi connectivity index (χ0v) is 14.5. The van der Waals surface area contributed by atoms with E-state index in [1.165, 1.54) is 19.4 Å². The van der Waals surface area contributed by atoms with Crippen molar-refractivity contribution in [3.63, 3.8) is 0 Å². The standard InChI is InChI=1S/C17H36N2O/c1-7-10-19(8-2)11-9-18-15-12-16(17(15,5)6)20-13-14(3)4/h14-16,18H,7-13H2,1-6H3. The molecule has 1 N–H and O–H groups in total. The van der Waals surface area contributed by atoms with E-state index in [9.17, 15) is 0 Å². The molecule has 0 aromatic rings. The number of rotatable bonds is 10. The number of hydrogen-bond acceptors (Lipinski definition) is 3. The van der Waals surface area contributed by atoms with Crippen LogP contribution in [0.5, 0.6) is 0 Å². The van der Waals surface area contributed by atoms with E-state index in [-0.39, 0.29) is 5.41 Å². The topological polar surface area (TPSA) is 24.5 Å². The van der Waals surface area contributed by atoms with E-state index in [1.807, 2.05) is 0 Å². The van der Waals surface area contributed by atoms with Crippen LogP contribution in [-0.2, 0) is 4.74 Å². The lowest BCUT2D eigenvalue weighted by atomic mass is 9.64. The molecule has 0 aromatic carbocycles. The number of nitrogens with zero attached hydrogens (tertiary/aromatic N) is 1. The largest absolute Gasteiger partial charge is 0.377 e. The van der Waals surface area contributed by atoms with Crippen molar-refractivity contribution in [2.75, 3.05) is 32.8 Å². The van der Waals surface area contributed by atoms with Crippen molar-refractivity contribution >= 4 is 0 Å². The summed E-state index contributed by atoms with van der Waals surface area (Å²) in [5.74, 6) is 0.630. The van der Waals surface area contributed by atoms with Gasteiger partial charge in [-0.15, -0.1) is 0 Å². The summed E-state index contributed by atoms with van der Waals surface area (Å²) in [5, 5.41) is 3.73. The second-order valence-electron chi connectivity index (χ2n) is 7.21. The van der Waals surface area contributed by atoms with Crippen LogP contribution in [-0.4, -0.2) is 49.8 Å². The Morgan fingerprint density at radius 2 is 1.95 bits per heavy atom. The fraction of sp³-hybridized carbons (Fsp3) is 1.00. The second-order valence-corrected chi connectivity index (χ2v) is 7.21. The molecular weight excluding hydrogens is 248 g/mol. The molecule has 1 rings (SSSR count). The van der Waals surface area contributed by atoms with Crippen molar-refractivity contribution < 1.29 is 4.74 Å². The van der Waals surface area contributed by atoms with Gasteiger partial charge < -0.3 is 15.0 Å². The Hall–Kier alpha value is -0.120. The number of ether oxygens (including phenoxy) is 1. The lowest BCUT2D eigenvalue weighted by molar-refractivity contribution is -0.123. The summed E-state index contributed by atoms with van der Waals surface area (Å²) in [6, 6.07) is 0.611. The highest BCUT2D eigenvalue weighted by Crippen LogP contribution is 2.42. The third-order valence-electron chi connectivity index (χ3n) is 4.61. The van der Waals surface area contributed by atoms with Crippen LogP contribution in [0, 0.1) is 11.3 Å². The molecule has 120 valence electrons. The summed E-state index contributed by atoms with van der Waals surface area (Å²) in [6.07, 6.45) is 2.84. The number of nitrogens with one attached hydrogen (secondary N) is 1. The molecule has 0 aliphatic heterocycles. The molecule has 0 aromatic heterocycles. The van der Waals surface area contributed by atoms with Crippen LogP contribution in [0.15, 0.2) is 0 Å². The van der Waals surface area contributed by atoms with Gasteiger partial charge >= 0.3 is 0 Å². The highest BCUT2D eigenvalue weighted by Gasteiger charge is 2.48. The Morgan fingerprint density at radius 1 is 1.25 bits per heavy atom. The molecule has 0 saturated heterocycles. The number of likely N-dealkylation sites (N-methyl/N-ethyl adjacent to an activating group) is 1. The van der Waals surface area contributed by atoms with Crippen molar-refractivity contribution in [3.05, 3.63) is 0 Å². The summed E-state index contributed by atoms with van der Waals surface area (Å²) in [7, 11) is 0. The molecule has 20 heavy (non-hydrogen) atoms. The Balaban J connectivity index is 2.23. The average Bonchev–Trinajstić information content (AvgIpc) is 2.39. The minimum Gasteiger partial charge on any atom is -0.377 e. The molecular formula is C17H36N2O. The van der Waals surface area contributed by atoms with E-state index < -0.39 is 0 Å². The molecule has 1 aliphatic carbocycles. The fourth-order valence-electron chi connectivity index (χ4n) is 2.96. The van der Waals surface area contributed by atoms with Crippen LogP contribution in [0.1, 0.15) is 54.4 Å². The van der Waals surface area contributed by atoms with Crippen LogP contribution in [0.3, 0.4) is 0 Å².